The van der Waals surface area contributed by atoms with Gasteiger partial charge in [-0.25, -0.2) is 4.39 Å². The fraction of sp³-hybridized carbons (Fsp3) is 0.167. The van der Waals surface area contributed by atoms with Gasteiger partial charge >= 0.3 is 0 Å². The molecule has 0 aliphatic carbocycles. The highest BCUT2D eigenvalue weighted by Gasteiger charge is 2.25. The molecule has 0 saturated heterocycles. The molecule has 31 heavy (non-hydrogen) atoms. The van der Waals surface area contributed by atoms with Gasteiger partial charge in [-0.05, 0) is 83.4 Å². The molecule has 1 aliphatic rings. The number of ether oxygens (including phenoxy) is 1. The van der Waals surface area contributed by atoms with Crippen molar-refractivity contribution in [2.45, 2.75) is 19.4 Å². The smallest absolute Gasteiger partial charge is 0.265 e. The molecule has 1 heterocycles. The van der Waals surface area contributed by atoms with Crippen LogP contribution in [0, 0.1) is 5.82 Å². The van der Waals surface area contributed by atoms with E-state index >= 15 is 0 Å². The Kier molecular flexibility index (Phi) is 6.04. The van der Waals surface area contributed by atoms with Crippen molar-refractivity contribution >= 4 is 39.1 Å². The molecule has 3 aromatic rings. The predicted molar refractivity (Wildman–Crippen MR) is 121 cm³/mol. The monoisotopic (exact) mass is 482 g/mol. The summed E-state index contributed by atoms with van der Waals surface area (Å²) in [5.74, 6) is -0.455. The number of halogens is 2. The van der Waals surface area contributed by atoms with Crippen molar-refractivity contribution in [2.75, 3.05) is 16.8 Å². The number of nitrogens with one attached hydrogen (secondary N) is 1. The number of nitrogens with zero attached hydrogens (tertiary/aromatic N) is 1. The van der Waals surface area contributed by atoms with Gasteiger partial charge in [0, 0.05) is 23.5 Å². The molecule has 3 aromatic carbocycles. The Balaban J connectivity index is 1.39. The lowest BCUT2D eigenvalue weighted by Crippen LogP contribution is -2.30. The molecular formula is C24H20BrFN2O3. The molecule has 1 unspecified atom stereocenters. The molecule has 0 spiro atoms. The Morgan fingerprint density at radius 1 is 1.10 bits per heavy atom. The van der Waals surface area contributed by atoms with Gasteiger partial charge in [-0.3, -0.25) is 9.59 Å². The number of hydrogen-bond acceptors (Lipinski definition) is 3. The second kappa shape index (κ2) is 8.89. The number of hydrogen-bond donors (Lipinski definition) is 1. The van der Waals surface area contributed by atoms with Crippen LogP contribution in [0.2, 0.25) is 0 Å². The number of rotatable bonds is 5. The van der Waals surface area contributed by atoms with Crippen LogP contribution in [0.1, 0.15) is 22.8 Å². The molecule has 2 amide bonds. The molecule has 0 radical (unpaired) electrons. The molecule has 1 N–H and O–H groups in total. The van der Waals surface area contributed by atoms with Crippen LogP contribution in [0.25, 0.3) is 0 Å². The summed E-state index contributed by atoms with van der Waals surface area (Å²) in [5, 5.41) is 2.77. The minimum atomic E-state index is -0.802. The van der Waals surface area contributed by atoms with Gasteiger partial charge in [0.15, 0.2) is 6.10 Å². The Labute approximate surface area is 188 Å². The van der Waals surface area contributed by atoms with Crippen LogP contribution in [-0.4, -0.2) is 24.5 Å². The fourth-order valence-corrected chi connectivity index (χ4v) is 3.90. The van der Waals surface area contributed by atoms with E-state index in [1.807, 2.05) is 24.3 Å². The summed E-state index contributed by atoms with van der Waals surface area (Å²) >= 11 is 3.22. The molecule has 0 bridgehead atoms. The molecule has 0 fully saturated rings. The van der Waals surface area contributed by atoms with Gasteiger partial charge in [0.05, 0.1) is 4.47 Å². The number of amides is 2. The maximum absolute atomic E-state index is 13.2. The zero-order chi connectivity index (χ0) is 22.0. The second-order valence-corrected chi connectivity index (χ2v) is 8.09. The number of fused-ring (bicyclic) bond motifs is 1. The van der Waals surface area contributed by atoms with Crippen molar-refractivity contribution in [3.63, 3.8) is 0 Å². The van der Waals surface area contributed by atoms with Crippen molar-refractivity contribution in [3.05, 3.63) is 88.1 Å². The lowest BCUT2D eigenvalue weighted by atomic mass is 10.1. The summed E-state index contributed by atoms with van der Waals surface area (Å²) in [6, 6.07) is 18.7. The van der Waals surface area contributed by atoms with E-state index in [1.54, 1.807) is 36.1 Å². The quantitative estimate of drug-likeness (QED) is 0.543. The molecule has 7 heteroatoms. The van der Waals surface area contributed by atoms with Gasteiger partial charge in [-0.2, -0.15) is 0 Å². The van der Waals surface area contributed by atoms with E-state index in [1.165, 1.54) is 23.8 Å². The van der Waals surface area contributed by atoms with Crippen LogP contribution < -0.4 is 15.0 Å². The van der Waals surface area contributed by atoms with Gasteiger partial charge < -0.3 is 15.0 Å². The summed E-state index contributed by atoms with van der Waals surface area (Å²) in [7, 11) is 0. The summed E-state index contributed by atoms with van der Waals surface area (Å²) in [4.78, 5) is 27.1. The SMILES string of the molecule is CC(Oc1ccc(F)cc1Br)C(=O)Nc1ccc(C(=O)N2CCc3ccccc32)cc1. The van der Waals surface area contributed by atoms with E-state index in [2.05, 4.69) is 21.2 Å². The van der Waals surface area contributed by atoms with Crippen molar-refractivity contribution in [1.82, 2.24) is 0 Å². The summed E-state index contributed by atoms with van der Waals surface area (Å²) < 4.78 is 19.2. The highest BCUT2D eigenvalue weighted by atomic mass is 79.9. The van der Waals surface area contributed by atoms with Crippen LogP contribution in [0.5, 0.6) is 5.75 Å². The zero-order valence-corrected chi connectivity index (χ0v) is 18.4. The summed E-state index contributed by atoms with van der Waals surface area (Å²) in [5.41, 5.74) is 3.22. The van der Waals surface area contributed by atoms with Crippen molar-refractivity contribution in [1.29, 1.82) is 0 Å². The fourth-order valence-electron chi connectivity index (χ4n) is 3.46. The Morgan fingerprint density at radius 2 is 1.84 bits per heavy atom. The third kappa shape index (κ3) is 4.61. The van der Waals surface area contributed by atoms with E-state index in [-0.39, 0.29) is 11.8 Å². The lowest BCUT2D eigenvalue weighted by Gasteiger charge is -2.18. The van der Waals surface area contributed by atoms with E-state index in [0.717, 1.165) is 12.1 Å². The van der Waals surface area contributed by atoms with Gasteiger partial charge in [-0.15, -0.1) is 0 Å². The predicted octanol–water partition coefficient (Wildman–Crippen LogP) is 5.20. The maximum Gasteiger partial charge on any atom is 0.265 e. The molecule has 158 valence electrons. The summed E-state index contributed by atoms with van der Waals surface area (Å²) in [6.07, 6.45) is 0.0437. The van der Waals surface area contributed by atoms with Gasteiger partial charge in [0.25, 0.3) is 11.8 Å². The van der Waals surface area contributed by atoms with Crippen LogP contribution in [0.15, 0.2) is 71.2 Å². The number of anilines is 2. The Hall–Kier alpha value is -3.19. The summed E-state index contributed by atoms with van der Waals surface area (Å²) in [6.45, 7) is 2.26. The highest BCUT2D eigenvalue weighted by molar-refractivity contribution is 9.10. The van der Waals surface area contributed by atoms with E-state index in [4.69, 9.17) is 4.74 Å². The lowest BCUT2D eigenvalue weighted by molar-refractivity contribution is -0.122. The van der Waals surface area contributed by atoms with E-state index in [0.29, 0.717) is 28.0 Å². The van der Waals surface area contributed by atoms with Gasteiger partial charge in [-0.1, -0.05) is 18.2 Å². The molecule has 0 saturated carbocycles. The van der Waals surface area contributed by atoms with Gasteiger partial charge in [0.2, 0.25) is 0 Å². The third-order valence-corrected chi connectivity index (χ3v) is 5.72. The minimum absolute atomic E-state index is 0.0688. The molecule has 5 nitrogen and oxygen atoms in total. The first-order valence-electron chi connectivity index (χ1n) is 9.85. The Bertz CT molecular complexity index is 1130. The van der Waals surface area contributed by atoms with E-state index < -0.39 is 11.9 Å². The maximum atomic E-state index is 13.2. The zero-order valence-electron chi connectivity index (χ0n) is 16.8. The first-order valence-corrected chi connectivity index (χ1v) is 10.6. The number of benzene rings is 3. The average molecular weight is 483 g/mol. The largest absolute Gasteiger partial charge is 0.480 e. The van der Waals surface area contributed by atoms with E-state index in [9.17, 15) is 14.0 Å². The highest BCUT2D eigenvalue weighted by Crippen LogP contribution is 2.29. The standard InChI is InChI=1S/C24H20BrFN2O3/c1-15(31-22-11-8-18(26)14-20(22)25)23(29)27-19-9-6-17(7-10-19)24(30)28-13-12-16-4-2-3-5-21(16)28/h2-11,14-15H,12-13H2,1H3,(H,27,29). The second-order valence-electron chi connectivity index (χ2n) is 7.24. The van der Waals surface area contributed by atoms with Gasteiger partial charge in [0.1, 0.15) is 11.6 Å². The molecule has 0 aromatic heterocycles. The van der Waals surface area contributed by atoms with Crippen molar-refractivity contribution in [3.8, 4) is 5.75 Å². The number of carbonyl (C=O) groups is 2. The first kappa shape index (κ1) is 21.1. The van der Waals surface area contributed by atoms with Crippen molar-refractivity contribution in [2.24, 2.45) is 0 Å². The van der Waals surface area contributed by atoms with Crippen LogP contribution in [0.4, 0.5) is 15.8 Å². The number of carbonyl (C=O) groups excluding carboxylic acids is 2. The molecule has 1 aliphatic heterocycles. The van der Waals surface area contributed by atoms with Crippen LogP contribution in [-0.2, 0) is 11.2 Å². The normalized spacial score (nSPS) is 13.5. The van der Waals surface area contributed by atoms with Crippen LogP contribution in [0.3, 0.4) is 0 Å². The first-order chi connectivity index (χ1) is 14.9. The molecule has 4 rings (SSSR count). The van der Waals surface area contributed by atoms with Crippen molar-refractivity contribution < 1.29 is 18.7 Å². The molecular weight excluding hydrogens is 463 g/mol. The third-order valence-electron chi connectivity index (χ3n) is 5.10. The number of para-hydroxylation sites is 1. The topological polar surface area (TPSA) is 58.6 Å². The van der Waals surface area contributed by atoms with Crippen LogP contribution >= 0.6 is 15.9 Å². The Morgan fingerprint density at radius 3 is 2.58 bits per heavy atom. The average Bonchev–Trinajstić information content (AvgIpc) is 3.20. The minimum Gasteiger partial charge on any atom is -0.480 e. The molecule has 1 atom stereocenters.